The first-order chi connectivity index (χ1) is 8.61. The van der Waals surface area contributed by atoms with Crippen molar-refractivity contribution in [3.8, 4) is 6.07 Å². The van der Waals surface area contributed by atoms with Crippen molar-refractivity contribution in [2.24, 2.45) is 0 Å². The van der Waals surface area contributed by atoms with Crippen molar-refractivity contribution in [3.63, 3.8) is 0 Å². The second-order valence-electron chi connectivity index (χ2n) is 3.97. The van der Waals surface area contributed by atoms with Gasteiger partial charge in [-0.15, -0.1) is 0 Å². The molecule has 1 saturated heterocycles. The molecule has 1 aliphatic heterocycles. The molecule has 2 rings (SSSR count). The van der Waals surface area contributed by atoms with Crippen LogP contribution in [0.4, 0.5) is 5.69 Å². The largest absolute Gasteiger partial charge is 0.398 e. The minimum atomic E-state index is -0.559. The molecule has 0 aromatic heterocycles. The number of morpholine rings is 1. The zero-order chi connectivity index (χ0) is 13.1. The normalized spacial score (nSPS) is 19.3. The summed E-state index contributed by atoms with van der Waals surface area (Å²) in [6.45, 7) is 1.13. The van der Waals surface area contributed by atoms with Crippen molar-refractivity contribution in [3.05, 3.63) is 28.2 Å². The maximum Gasteiger partial charge on any atom is 0.256 e. The maximum absolute atomic E-state index is 12.3. The molecule has 18 heavy (non-hydrogen) atoms. The van der Waals surface area contributed by atoms with E-state index in [0.717, 1.165) is 4.47 Å². The minimum absolute atomic E-state index is 0.169. The van der Waals surface area contributed by atoms with Crippen LogP contribution in [0.25, 0.3) is 0 Å². The lowest BCUT2D eigenvalue weighted by molar-refractivity contribution is 0.00351. The van der Waals surface area contributed by atoms with E-state index in [-0.39, 0.29) is 12.5 Å². The molecule has 94 valence electrons. The van der Waals surface area contributed by atoms with E-state index in [1.165, 1.54) is 0 Å². The predicted molar refractivity (Wildman–Crippen MR) is 69.8 cm³/mol. The molecule has 0 spiro atoms. The molecular formula is C12H12BrN3O2. The molecule has 1 aromatic rings. The molecular weight excluding hydrogens is 298 g/mol. The zero-order valence-electron chi connectivity index (χ0n) is 9.60. The van der Waals surface area contributed by atoms with Gasteiger partial charge in [-0.3, -0.25) is 4.79 Å². The summed E-state index contributed by atoms with van der Waals surface area (Å²) in [6, 6.07) is 7.16. The first-order valence-corrected chi connectivity index (χ1v) is 6.26. The van der Waals surface area contributed by atoms with Crippen molar-refractivity contribution in [1.82, 2.24) is 4.90 Å². The number of carbonyl (C=O) groups is 1. The van der Waals surface area contributed by atoms with Gasteiger partial charge in [-0.2, -0.15) is 5.26 Å². The highest BCUT2D eigenvalue weighted by Gasteiger charge is 2.25. The summed E-state index contributed by atoms with van der Waals surface area (Å²) >= 11 is 3.31. The topological polar surface area (TPSA) is 79.4 Å². The molecule has 1 unspecified atom stereocenters. The van der Waals surface area contributed by atoms with E-state index in [1.807, 2.05) is 6.07 Å². The average Bonchev–Trinajstić information content (AvgIpc) is 2.41. The van der Waals surface area contributed by atoms with Crippen LogP contribution in [-0.4, -0.2) is 36.6 Å². The SMILES string of the molecule is N#CC1CN(C(=O)c2cc(Br)ccc2N)CCO1. The first-order valence-electron chi connectivity index (χ1n) is 5.47. The summed E-state index contributed by atoms with van der Waals surface area (Å²) in [7, 11) is 0. The third-order valence-corrected chi connectivity index (χ3v) is 3.24. The van der Waals surface area contributed by atoms with Gasteiger partial charge in [-0.25, -0.2) is 0 Å². The fraction of sp³-hybridized carbons (Fsp3) is 0.333. The fourth-order valence-electron chi connectivity index (χ4n) is 1.80. The molecule has 1 fully saturated rings. The number of ether oxygens (including phenoxy) is 1. The molecule has 1 aliphatic rings. The number of anilines is 1. The molecule has 1 amide bonds. The summed E-state index contributed by atoms with van der Waals surface area (Å²) in [5.41, 5.74) is 6.68. The van der Waals surface area contributed by atoms with E-state index >= 15 is 0 Å². The van der Waals surface area contributed by atoms with Gasteiger partial charge < -0.3 is 15.4 Å². The zero-order valence-corrected chi connectivity index (χ0v) is 11.2. The number of hydrogen-bond donors (Lipinski definition) is 1. The summed E-state index contributed by atoms with van der Waals surface area (Å²) < 4.78 is 6.00. The highest BCUT2D eigenvalue weighted by atomic mass is 79.9. The van der Waals surface area contributed by atoms with Gasteiger partial charge in [0.2, 0.25) is 0 Å². The third kappa shape index (κ3) is 2.63. The Morgan fingerprint density at radius 2 is 2.39 bits per heavy atom. The number of rotatable bonds is 1. The van der Waals surface area contributed by atoms with E-state index in [0.29, 0.717) is 24.4 Å². The van der Waals surface area contributed by atoms with Gasteiger partial charge >= 0.3 is 0 Å². The lowest BCUT2D eigenvalue weighted by atomic mass is 10.1. The van der Waals surface area contributed by atoms with E-state index < -0.39 is 6.10 Å². The van der Waals surface area contributed by atoms with Crippen LogP contribution < -0.4 is 5.73 Å². The molecule has 5 nitrogen and oxygen atoms in total. The number of benzene rings is 1. The van der Waals surface area contributed by atoms with Crippen LogP contribution in [0.3, 0.4) is 0 Å². The highest BCUT2D eigenvalue weighted by Crippen LogP contribution is 2.21. The lowest BCUT2D eigenvalue weighted by Crippen LogP contribution is -2.45. The number of halogens is 1. The standard InChI is InChI=1S/C12H12BrN3O2/c13-8-1-2-11(15)10(5-8)12(17)16-3-4-18-9(6-14)7-16/h1-2,5,9H,3-4,7,15H2. The van der Waals surface area contributed by atoms with Gasteiger partial charge in [-0.05, 0) is 18.2 Å². The Morgan fingerprint density at radius 3 is 3.11 bits per heavy atom. The molecule has 2 N–H and O–H groups in total. The smallest absolute Gasteiger partial charge is 0.256 e. The monoisotopic (exact) mass is 309 g/mol. The van der Waals surface area contributed by atoms with Crippen molar-refractivity contribution in [2.45, 2.75) is 6.10 Å². The van der Waals surface area contributed by atoms with Crippen molar-refractivity contribution < 1.29 is 9.53 Å². The summed E-state index contributed by atoms with van der Waals surface area (Å²) in [5, 5.41) is 8.81. The molecule has 0 radical (unpaired) electrons. The Morgan fingerprint density at radius 1 is 1.61 bits per heavy atom. The number of hydrogen-bond acceptors (Lipinski definition) is 4. The maximum atomic E-state index is 12.3. The summed E-state index contributed by atoms with van der Waals surface area (Å²) in [4.78, 5) is 13.9. The van der Waals surface area contributed by atoms with Crippen LogP contribution in [0.2, 0.25) is 0 Å². The highest BCUT2D eigenvalue weighted by molar-refractivity contribution is 9.10. The minimum Gasteiger partial charge on any atom is -0.398 e. The number of nitrogens with zero attached hydrogens (tertiary/aromatic N) is 2. The van der Waals surface area contributed by atoms with Crippen LogP contribution in [0, 0.1) is 11.3 Å². The van der Waals surface area contributed by atoms with Gasteiger partial charge in [0, 0.05) is 16.7 Å². The Bertz CT molecular complexity index is 513. The number of nitrogen functional groups attached to an aromatic ring is 1. The van der Waals surface area contributed by atoms with Gasteiger partial charge in [0.15, 0.2) is 6.10 Å². The summed E-state index contributed by atoms with van der Waals surface area (Å²) in [6.07, 6.45) is -0.559. The number of nitrogens with two attached hydrogens (primary N) is 1. The summed E-state index contributed by atoms with van der Waals surface area (Å²) in [5.74, 6) is -0.169. The Labute approximate surface area is 113 Å². The van der Waals surface area contributed by atoms with Crippen LogP contribution in [0.5, 0.6) is 0 Å². The van der Waals surface area contributed by atoms with Crippen molar-refractivity contribution >= 4 is 27.5 Å². The van der Waals surface area contributed by atoms with Crippen LogP contribution in [0.1, 0.15) is 10.4 Å². The Hall–Kier alpha value is -1.58. The molecule has 1 heterocycles. The molecule has 0 aliphatic carbocycles. The quantitative estimate of drug-likeness (QED) is 0.795. The third-order valence-electron chi connectivity index (χ3n) is 2.74. The second-order valence-corrected chi connectivity index (χ2v) is 4.89. The van der Waals surface area contributed by atoms with Gasteiger partial charge in [-0.1, -0.05) is 15.9 Å². The molecule has 0 saturated carbocycles. The van der Waals surface area contributed by atoms with E-state index in [2.05, 4.69) is 15.9 Å². The lowest BCUT2D eigenvalue weighted by Gasteiger charge is -2.30. The Kier molecular flexibility index (Phi) is 3.84. The Balaban J connectivity index is 2.21. The van der Waals surface area contributed by atoms with E-state index in [4.69, 9.17) is 15.7 Å². The number of carbonyl (C=O) groups excluding carboxylic acids is 1. The van der Waals surface area contributed by atoms with E-state index in [1.54, 1.807) is 23.1 Å². The molecule has 1 aromatic carbocycles. The van der Waals surface area contributed by atoms with Gasteiger partial charge in [0.1, 0.15) is 0 Å². The fourth-order valence-corrected chi connectivity index (χ4v) is 2.16. The van der Waals surface area contributed by atoms with Crippen LogP contribution in [0.15, 0.2) is 22.7 Å². The first kappa shape index (κ1) is 12.9. The van der Waals surface area contributed by atoms with Crippen LogP contribution in [-0.2, 0) is 4.74 Å². The van der Waals surface area contributed by atoms with Crippen LogP contribution >= 0.6 is 15.9 Å². The molecule has 0 bridgehead atoms. The number of amides is 1. The average molecular weight is 310 g/mol. The number of nitriles is 1. The van der Waals surface area contributed by atoms with Gasteiger partial charge in [0.25, 0.3) is 5.91 Å². The molecule has 1 atom stereocenters. The predicted octanol–water partition coefficient (Wildman–Crippen LogP) is 1.40. The van der Waals surface area contributed by atoms with Crippen molar-refractivity contribution in [1.29, 1.82) is 5.26 Å². The molecule has 6 heteroatoms. The van der Waals surface area contributed by atoms with Gasteiger partial charge in [0.05, 0.1) is 24.8 Å². The van der Waals surface area contributed by atoms with E-state index in [9.17, 15) is 4.79 Å². The van der Waals surface area contributed by atoms with Crippen molar-refractivity contribution in [2.75, 3.05) is 25.4 Å². The second kappa shape index (κ2) is 5.38.